The number of anilines is 1. The van der Waals surface area contributed by atoms with Crippen LogP contribution in [0, 0.1) is 17.8 Å². The summed E-state index contributed by atoms with van der Waals surface area (Å²) < 4.78 is 40.7. The van der Waals surface area contributed by atoms with Crippen LogP contribution >= 0.6 is 0 Å². The van der Waals surface area contributed by atoms with Crippen LogP contribution < -0.4 is 5.32 Å². The molecular weight excluding hydrogens is 409 g/mol. The molecule has 0 bridgehead atoms. The van der Waals surface area contributed by atoms with Crippen LogP contribution in [0.4, 0.5) is 18.9 Å². The molecule has 4 rings (SSSR count). The van der Waals surface area contributed by atoms with E-state index >= 15 is 0 Å². The number of aliphatic carboxylic acids is 1. The number of likely N-dealkylation sites (tertiary alicyclic amines) is 1. The van der Waals surface area contributed by atoms with E-state index in [9.17, 15) is 27.9 Å². The van der Waals surface area contributed by atoms with Crippen LogP contribution in [-0.2, 0) is 15.8 Å². The number of carboxylic acids is 1. The third-order valence-corrected chi connectivity index (χ3v) is 7.48. The van der Waals surface area contributed by atoms with E-state index in [0.717, 1.165) is 31.7 Å². The van der Waals surface area contributed by atoms with Crippen LogP contribution in [0.1, 0.15) is 62.5 Å². The molecule has 5 atom stereocenters. The van der Waals surface area contributed by atoms with E-state index in [0.29, 0.717) is 25.2 Å². The van der Waals surface area contributed by atoms with Gasteiger partial charge in [0.05, 0.1) is 11.5 Å². The second kappa shape index (κ2) is 8.36. The number of rotatable bonds is 4. The molecule has 31 heavy (non-hydrogen) atoms. The maximum absolute atomic E-state index is 13.6. The van der Waals surface area contributed by atoms with Crippen LogP contribution in [0.5, 0.6) is 0 Å². The van der Waals surface area contributed by atoms with Gasteiger partial charge in [-0.15, -0.1) is 0 Å². The van der Waals surface area contributed by atoms with Crippen molar-refractivity contribution in [2.75, 3.05) is 18.4 Å². The summed E-state index contributed by atoms with van der Waals surface area (Å²) in [6, 6.07) is 4.10. The summed E-state index contributed by atoms with van der Waals surface area (Å²) in [6.45, 7) is 2.82. The van der Waals surface area contributed by atoms with Crippen molar-refractivity contribution in [2.24, 2.45) is 17.8 Å². The number of amides is 1. The molecule has 1 saturated carbocycles. The quantitative estimate of drug-likeness (QED) is 0.713. The number of hydrogen-bond donors (Lipinski definition) is 2. The molecule has 2 fully saturated rings. The molecular formula is C23H29F3N2O3. The summed E-state index contributed by atoms with van der Waals surface area (Å²) in [6.07, 6.45) is -0.439. The van der Waals surface area contributed by atoms with Crippen LogP contribution in [0.2, 0.25) is 0 Å². The summed E-state index contributed by atoms with van der Waals surface area (Å²) in [5.74, 6) is -1.94. The third kappa shape index (κ3) is 4.13. The fraction of sp³-hybridized carbons (Fsp3) is 0.652. The second-order valence-electron chi connectivity index (χ2n) is 9.27. The highest BCUT2D eigenvalue weighted by Gasteiger charge is 2.44. The Kier molecular flexibility index (Phi) is 5.92. The monoisotopic (exact) mass is 438 g/mol. The Morgan fingerprint density at radius 3 is 2.71 bits per heavy atom. The first kappa shape index (κ1) is 22.0. The topological polar surface area (TPSA) is 69.6 Å². The van der Waals surface area contributed by atoms with E-state index < -0.39 is 29.5 Å². The van der Waals surface area contributed by atoms with Gasteiger partial charge in [-0.25, -0.2) is 0 Å². The normalized spacial score (nSPS) is 29.0. The lowest BCUT2D eigenvalue weighted by Crippen LogP contribution is -2.53. The first-order chi connectivity index (χ1) is 14.7. The predicted molar refractivity (Wildman–Crippen MR) is 110 cm³/mol. The molecule has 2 aliphatic heterocycles. The van der Waals surface area contributed by atoms with Crippen molar-refractivity contribution < 1.29 is 27.9 Å². The van der Waals surface area contributed by atoms with Crippen molar-refractivity contribution in [3.05, 3.63) is 29.3 Å². The number of halogens is 3. The third-order valence-electron chi connectivity index (χ3n) is 7.48. The van der Waals surface area contributed by atoms with Crippen molar-refractivity contribution in [1.29, 1.82) is 0 Å². The molecule has 0 radical (unpaired) electrons. The van der Waals surface area contributed by atoms with Gasteiger partial charge in [0.25, 0.3) is 0 Å². The van der Waals surface area contributed by atoms with E-state index in [4.69, 9.17) is 0 Å². The molecule has 1 aromatic rings. The Hall–Kier alpha value is -2.25. The number of fused-ring (bicyclic) bond motifs is 2. The van der Waals surface area contributed by atoms with Crippen molar-refractivity contribution in [3.63, 3.8) is 0 Å². The highest BCUT2D eigenvalue weighted by Crippen LogP contribution is 2.46. The van der Waals surface area contributed by atoms with Crippen LogP contribution in [0.15, 0.2) is 18.2 Å². The highest BCUT2D eigenvalue weighted by molar-refractivity contribution is 5.78. The summed E-state index contributed by atoms with van der Waals surface area (Å²) in [4.78, 5) is 26.7. The number of carbonyl (C=O) groups excluding carboxylic acids is 1. The lowest BCUT2D eigenvalue weighted by Gasteiger charge is -2.46. The van der Waals surface area contributed by atoms with E-state index in [1.807, 2.05) is 11.8 Å². The summed E-state index contributed by atoms with van der Waals surface area (Å²) in [7, 11) is 0. The average molecular weight is 438 g/mol. The molecule has 170 valence electrons. The molecule has 1 aromatic carbocycles. The molecule has 2 N–H and O–H groups in total. The summed E-state index contributed by atoms with van der Waals surface area (Å²) in [5, 5.41) is 12.6. The number of carboxylic acid groups (broad SMARTS) is 1. The van der Waals surface area contributed by atoms with Crippen molar-refractivity contribution in [1.82, 2.24) is 4.90 Å². The molecule has 0 aromatic heterocycles. The van der Waals surface area contributed by atoms with Crippen molar-refractivity contribution >= 4 is 17.6 Å². The van der Waals surface area contributed by atoms with Crippen LogP contribution in [-0.4, -0.2) is 41.0 Å². The standard InChI is InChI=1S/C23H29F3N2O3/c1-13(16-12-27-18-8-3-7-17(21(16)18)23(24,25)26)11-20(29)28-10-4-6-14-15(22(30)31)5-2-9-19(14)28/h3,7-8,13-16,19,27H,2,4-6,9-12H2,1H3,(H,30,31). The highest BCUT2D eigenvalue weighted by atomic mass is 19.4. The van der Waals surface area contributed by atoms with Gasteiger partial charge in [0.1, 0.15) is 0 Å². The number of hydrogen-bond acceptors (Lipinski definition) is 3. The minimum Gasteiger partial charge on any atom is -0.481 e. The number of carbonyl (C=O) groups is 2. The summed E-state index contributed by atoms with van der Waals surface area (Å²) >= 11 is 0. The maximum atomic E-state index is 13.6. The zero-order valence-electron chi connectivity index (χ0n) is 17.6. The van der Waals surface area contributed by atoms with Gasteiger partial charge >= 0.3 is 12.1 Å². The fourth-order valence-corrected chi connectivity index (χ4v) is 6.01. The van der Waals surface area contributed by atoms with Gasteiger partial charge in [0.2, 0.25) is 5.91 Å². The van der Waals surface area contributed by atoms with Gasteiger partial charge in [-0.3, -0.25) is 9.59 Å². The first-order valence-corrected chi connectivity index (χ1v) is 11.1. The van der Waals surface area contributed by atoms with Crippen LogP contribution in [0.25, 0.3) is 0 Å². The predicted octanol–water partition coefficient (Wildman–Crippen LogP) is 4.73. The van der Waals surface area contributed by atoms with Gasteiger partial charge in [-0.2, -0.15) is 13.2 Å². The van der Waals surface area contributed by atoms with Gasteiger partial charge in [-0.05, 0) is 55.2 Å². The zero-order chi connectivity index (χ0) is 22.3. The van der Waals surface area contributed by atoms with E-state index in [1.54, 1.807) is 6.07 Å². The number of alkyl halides is 3. The zero-order valence-corrected chi connectivity index (χ0v) is 17.6. The van der Waals surface area contributed by atoms with Crippen molar-refractivity contribution in [2.45, 2.75) is 63.6 Å². The smallest absolute Gasteiger partial charge is 0.416 e. The minimum atomic E-state index is -4.44. The second-order valence-corrected chi connectivity index (χ2v) is 9.27. The molecule has 5 nitrogen and oxygen atoms in total. The fourth-order valence-electron chi connectivity index (χ4n) is 6.01. The number of nitrogens with zero attached hydrogens (tertiary/aromatic N) is 1. The Labute approximate surface area is 180 Å². The molecule has 1 amide bonds. The lowest BCUT2D eigenvalue weighted by atomic mass is 9.71. The molecule has 1 aliphatic carbocycles. The number of nitrogens with one attached hydrogen (secondary N) is 1. The maximum Gasteiger partial charge on any atom is 0.416 e. The van der Waals surface area contributed by atoms with E-state index in [-0.39, 0.29) is 35.8 Å². The molecule has 1 saturated heterocycles. The van der Waals surface area contributed by atoms with Crippen LogP contribution in [0.3, 0.4) is 0 Å². The van der Waals surface area contributed by atoms with Gasteiger partial charge in [0.15, 0.2) is 0 Å². The molecule has 8 heteroatoms. The van der Waals surface area contributed by atoms with Gasteiger partial charge < -0.3 is 15.3 Å². The van der Waals surface area contributed by atoms with Gasteiger partial charge in [0, 0.05) is 37.2 Å². The van der Waals surface area contributed by atoms with E-state index in [1.165, 1.54) is 6.07 Å². The Balaban J connectivity index is 1.50. The first-order valence-electron chi connectivity index (χ1n) is 11.1. The summed E-state index contributed by atoms with van der Waals surface area (Å²) in [5.41, 5.74) is 0.123. The van der Waals surface area contributed by atoms with Crippen molar-refractivity contribution in [3.8, 4) is 0 Å². The Bertz CT molecular complexity index is 857. The van der Waals surface area contributed by atoms with Gasteiger partial charge in [-0.1, -0.05) is 19.4 Å². The molecule has 2 heterocycles. The lowest BCUT2D eigenvalue weighted by molar-refractivity contribution is -0.152. The molecule has 0 spiro atoms. The Morgan fingerprint density at radius 1 is 1.23 bits per heavy atom. The number of piperidine rings is 1. The average Bonchev–Trinajstić information content (AvgIpc) is 3.16. The number of benzene rings is 1. The van der Waals surface area contributed by atoms with E-state index in [2.05, 4.69) is 5.32 Å². The SMILES string of the molecule is CC(CC(=O)N1CCCC2C(C(=O)O)CCCC21)C1CNc2cccc(C(F)(F)F)c21. The minimum absolute atomic E-state index is 0.0232. The molecule has 3 aliphatic rings. The largest absolute Gasteiger partial charge is 0.481 e. The Morgan fingerprint density at radius 2 is 2.00 bits per heavy atom. The molecule has 5 unspecified atom stereocenters.